The summed E-state index contributed by atoms with van der Waals surface area (Å²) >= 11 is 0. The fraction of sp³-hybridized carbons (Fsp3) is 0.269. The molecule has 3 rings (SSSR count). The quantitative estimate of drug-likeness (QED) is 0.225. The minimum Gasteiger partial charge on any atom is -1.00 e. The van der Waals surface area contributed by atoms with E-state index in [0.29, 0.717) is 0 Å². The largest absolute Gasteiger partial charge is 2.00 e. The van der Waals surface area contributed by atoms with E-state index in [0.717, 1.165) is 4.48 Å². The van der Waals surface area contributed by atoms with Crippen molar-refractivity contribution >= 4 is 22.7 Å². The van der Waals surface area contributed by atoms with E-state index in [1.54, 1.807) is 0 Å². The Hall–Kier alpha value is -1.06. The molecule has 3 nitrogen and oxygen atoms in total. The summed E-state index contributed by atoms with van der Waals surface area (Å²) in [6, 6.07) is 17.8. The number of allylic oxidation sites excluding steroid dienone is 5. The predicted molar refractivity (Wildman–Crippen MR) is 128 cm³/mol. The summed E-state index contributed by atoms with van der Waals surface area (Å²) in [7, 11) is 14.9. The molecule has 2 aromatic carbocycles. The van der Waals surface area contributed by atoms with E-state index in [4.69, 9.17) is 0 Å². The summed E-state index contributed by atoms with van der Waals surface area (Å²) in [6.45, 7) is 0. The summed E-state index contributed by atoms with van der Waals surface area (Å²) in [4.78, 5) is 2.13. The molecular formula is C26H33Cl4N3Pt. The monoisotopic (exact) mass is 722 g/mol. The van der Waals surface area contributed by atoms with Gasteiger partial charge in [0.15, 0.2) is 5.71 Å². The van der Waals surface area contributed by atoms with Crippen molar-refractivity contribution in [1.29, 1.82) is 0 Å². The second-order valence-corrected chi connectivity index (χ2v) is 8.82. The molecule has 0 bridgehead atoms. The first-order chi connectivity index (χ1) is 13.7. The van der Waals surface area contributed by atoms with Gasteiger partial charge in [0.25, 0.3) is 0 Å². The third kappa shape index (κ3) is 9.19. The SMILES string of the molecule is CN(C)c1ccc(C(=C2C=CC(=[N+](C)C)C=C2)c2ccc([N+](C)(C)C)cc2)cc1.[Cl-].[Cl-].[Cl-].[Cl-].[Pt+2]. The summed E-state index contributed by atoms with van der Waals surface area (Å²) in [6.07, 6.45) is 8.81. The molecular weight excluding hydrogens is 691 g/mol. The molecule has 34 heavy (non-hydrogen) atoms. The molecule has 0 atom stereocenters. The Kier molecular flexibility index (Phi) is 17.5. The zero-order chi connectivity index (χ0) is 21.2. The van der Waals surface area contributed by atoms with Crippen LogP contribution in [0.1, 0.15) is 11.1 Å². The Bertz CT molecular complexity index is 996. The number of anilines is 1. The van der Waals surface area contributed by atoms with Crippen LogP contribution < -0.4 is 59.0 Å². The van der Waals surface area contributed by atoms with Gasteiger partial charge in [-0.15, -0.1) is 0 Å². The maximum absolute atomic E-state index is 2.24. The van der Waals surface area contributed by atoms with Crippen LogP contribution in [0.25, 0.3) is 5.57 Å². The second-order valence-electron chi connectivity index (χ2n) is 8.82. The molecule has 8 heteroatoms. The molecule has 1 aliphatic carbocycles. The van der Waals surface area contributed by atoms with Gasteiger partial charge in [-0.25, -0.2) is 4.58 Å². The Morgan fingerprint density at radius 2 is 1.09 bits per heavy atom. The molecule has 2 aromatic rings. The van der Waals surface area contributed by atoms with Crippen molar-refractivity contribution in [1.82, 2.24) is 4.48 Å². The first-order valence-electron chi connectivity index (χ1n) is 10.0. The number of halogens is 4. The number of hydrogen-bond donors (Lipinski definition) is 0. The number of quaternary nitrogens is 1. The maximum Gasteiger partial charge on any atom is 2.00 e. The van der Waals surface area contributed by atoms with E-state index in [-0.39, 0.29) is 70.7 Å². The number of benzene rings is 2. The molecule has 0 fully saturated rings. The van der Waals surface area contributed by atoms with Crippen LogP contribution in [-0.2, 0) is 21.1 Å². The molecule has 0 radical (unpaired) electrons. The first-order valence-corrected chi connectivity index (χ1v) is 10.0. The minimum atomic E-state index is 0. The van der Waals surface area contributed by atoms with Gasteiger partial charge in [0.2, 0.25) is 0 Å². The van der Waals surface area contributed by atoms with Crippen LogP contribution in [0.3, 0.4) is 0 Å². The summed E-state index contributed by atoms with van der Waals surface area (Å²) in [5.74, 6) is 0. The van der Waals surface area contributed by atoms with E-state index >= 15 is 0 Å². The van der Waals surface area contributed by atoms with Gasteiger partial charge in [-0.3, -0.25) is 4.48 Å². The zero-order valence-electron chi connectivity index (χ0n) is 20.6. The van der Waals surface area contributed by atoms with Crippen LogP contribution in [0.15, 0.2) is 78.4 Å². The molecule has 1 aliphatic rings. The van der Waals surface area contributed by atoms with Gasteiger partial charge >= 0.3 is 21.1 Å². The van der Waals surface area contributed by atoms with Crippen LogP contribution in [0.4, 0.5) is 11.4 Å². The van der Waals surface area contributed by atoms with Crippen LogP contribution in [0.5, 0.6) is 0 Å². The summed E-state index contributed by atoms with van der Waals surface area (Å²) in [5.41, 5.74) is 8.65. The third-order valence-corrected chi connectivity index (χ3v) is 5.28. The standard InChI is InChI=1S/C26H33N3.4ClH.Pt/c1-27(2)23-14-8-20(9-15-23)26(21-10-16-24(17-11-21)28(3)4)22-12-18-25(19-13-22)29(5,6)7;;;;;/h8-19H,1-7H3;4*1H;/q+2;;;;;+2/p-4. The number of rotatable bonds is 4. The molecule has 0 unspecified atom stereocenters. The molecule has 0 heterocycles. The molecule has 0 amide bonds. The zero-order valence-corrected chi connectivity index (χ0v) is 25.9. The van der Waals surface area contributed by atoms with Crippen molar-refractivity contribution in [3.05, 3.63) is 89.5 Å². The Balaban J connectivity index is -0.00000192. The Morgan fingerprint density at radius 3 is 1.44 bits per heavy atom. The topological polar surface area (TPSA) is 6.25 Å². The van der Waals surface area contributed by atoms with E-state index in [9.17, 15) is 0 Å². The van der Waals surface area contributed by atoms with Gasteiger partial charge in [-0.1, -0.05) is 12.1 Å². The van der Waals surface area contributed by atoms with Gasteiger partial charge in [-0.2, -0.15) is 0 Å². The minimum absolute atomic E-state index is 0. The smallest absolute Gasteiger partial charge is 1.00 e. The molecule has 190 valence electrons. The maximum atomic E-state index is 2.24. The van der Waals surface area contributed by atoms with E-state index in [2.05, 4.69) is 132 Å². The molecule has 0 aliphatic heterocycles. The van der Waals surface area contributed by atoms with Crippen molar-refractivity contribution in [2.24, 2.45) is 0 Å². The Morgan fingerprint density at radius 1 is 0.676 bits per heavy atom. The fourth-order valence-corrected chi connectivity index (χ4v) is 3.43. The van der Waals surface area contributed by atoms with Crippen LogP contribution >= 0.6 is 0 Å². The van der Waals surface area contributed by atoms with Gasteiger partial charge in [0, 0.05) is 31.9 Å². The van der Waals surface area contributed by atoms with Crippen LogP contribution in [0, 0.1) is 0 Å². The number of nitrogens with zero attached hydrogens (tertiary/aromatic N) is 3. The van der Waals surface area contributed by atoms with Crippen molar-refractivity contribution in [3.63, 3.8) is 0 Å². The average molecular weight is 724 g/mol. The van der Waals surface area contributed by atoms with Crippen molar-refractivity contribution in [3.8, 4) is 0 Å². The van der Waals surface area contributed by atoms with Gasteiger partial charge < -0.3 is 54.5 Å². The van der Waals surface area contributed by atoms with Crippen molar-refractivity contribution < 1.29 is 75.3 Å². The van der Waals surface area contributed by atoms with Gasteiger partial charge in [-0.05, 0) is 70.8 Å². The van der Waals surface area contributed by atoms with E-state index in [1.807, 2.05) is 0 Å². The van der Waals surface area contributed by atoms with Crippen molar-refractivity contribution in [2.75, 3.05) is 54.2 Å². The van der Waals surface area contributed by atoms with Crippen LogP contribution in [-0.4, -0.2) is 59.6 Å². The normalized spacial score (nSPS) is 11.6. The summed E-state index contributed by atoms with van der Waals surface area (Å²) in [5, 5.41) is 0. The van der Waals surface area contributed by atoms with E-state index < -0.39 is 0 Å². The molecule has 0 saturated heterocycles. The molecule has 0 N–H and O–H groups in total. The number of hydrogen-bond acceptors (Lipinski definition) is 1. The van der Waals surface area contributed by atoms with Crippen LogP contribution in [0.2, 0.25) is 0 Å². The molecule has 0 saturated carbocycles. The molecule has 0 spiro atoms. The fourth-order valence-electron chi connectivity index (χ4n) is 3.43. The first kappa shape index (κ1) is 37.5. The van der Waals surface area contributed by atoms with E-state index in [1.165, 1.54) is 39.4 Å². The van der Waals surface area contributed by atoms with Gasteiger partial charge in [0.05, 0.1) is 21.1 Å². The Labute approximate surface area is 244 Å². The third-order valence-electron chi connectivity index (χ3n) is 5.28. The van der Waals surface area contributed by atoms with Gasteiger partial charge in [0.1, 0.15) is 19.8 Å². The summed E-state index contributed by atoms with van der Waals surface area (Å²) < 4.78 is 2.94. The van der Waals surface area contributed by atoms with Crippen molar-refractivity contribution in [2.45, 2.75) is 0 Å². The predicted octanol–water partition coefficient (Wildman–Crippen LogP) is -7.40. The average Bonchev–Trinajstić information content (AvgIpc) is 2.69. The molecule has 0 aromatic heterocycles. The second kappa shape index (κ2) is 15.8.